The van der Waals surface area contributed by atoms with E-state index in [9.17, 15) is 0 Å². The van der Waals surface area contributed by atoms with Gasteiger partial charge in [-0.2, -0.15) is 0 Å². The summed E-state index contributed by atoms with van der Waals surface area (Å²) in [4.78, 5) is 4.64. The largest absolute Gasteiger partial charge is 0.439 e. The molecule has 3 aromatic rings. The molecule has 1 saturated heterocycles. The average Bonchev–Trinajstić information content (AvgIpc) is 3.31. The lowest BCUT2D eigenvalue weighted by Gasteiger charge is -2.24. The Balaban J connectivity index is 1.54. The standard InChI is InChI=1S/C21H24N2O2/c1-15(21-23-18-9-5-6-10-20(18)25-21)22-19(13-16-11-12-24-14-16)17-7-3-2-4-8-17/h2-10,15-16,19,22H,11-14H2,1H3/t15-,16-,19+/m0/s1. The van der Waals surface area contributed by atoms with Crippen LogP contribution in [0.1, 0.15) is 43.3 Å². The number of ether oxygens (including phenoxy) is 1. The molecule has 25 heavy (non-hydrogen) atoms. The molecule has 0 amide bonds. The molecule has 1 aliphatic heterocycles. The van der Waals surface area contributed by atoms with E-state index in [1.165, 1.54) is 5.56 Å². The lowest BCUT2D eigenvalue weighted by molar-refractivity contribution is 0.180. The summed E-state index contributed by atoms with van der Waals surface area (Å²) >= 11 is 0. The average molecular weight is 336 g/mol. The maximum atomic E-state index is 5.94. The Kier molecular flexibility index (Phi) is 4.81. The summed E-state index contributed by atoms with van der Waals surface area (Å²) in [7, 11) is 0. The Bertz CT molecular complexity index is 776. The first-order chi connectivity index (χ1) is 12.3. The molecule has 2 heterocycles. The third-order valence-electron chi connectivity index (χ3n) is 4.93. The third kappa shape index (κ3) is 3.75. The fraction of sp³-hybridized carbons (Fsp3) is 0.381. The predicted octanol–water partition coefficient (Wildman–Crippen LogP) is 4.65. The van der Waals surface area contributed by atoms with Crippen LogP contribution in [0.2, 0.25) is 0 Å². The lowest BCUT2D eigenvalue weighted by atomic mass is 9.93. The second-order valence-corrected chi connectivity index (χ2v) is 6.84. The van der Waals surface area contributed by atoms with Crippen LogP contribution < -0.4 is 5.32 Å². The highest BCUT2D eigenvalue weighted by Gasteiger charge is 2.24. The van der Waals surface area contributed by atoms with E-state index >= 15 is 0 Å². The molecule has 0 aliphatic carbocycles. The minimum absolute atomic E-state index is 0.0416. The summed E-state index contributed by atoms with van der Waals surface area (Å²) < 4.78 is 11.5. The van der Waals surface area contributed by atoms with Gasteiger partial charge >= 0.3 is 0 Å². The number of nitrogens with one attached hydrogen (secondary N) is 1. The molecule has 4 rings (SSSR count). The molecule has 0 unspecified atom stereocenters. The lowest BCUT2D eigenvalue weighted by Crippen LogP contribution is -2.27. The van der Waals surface area contributed by atoms with Gasteiger partial charge in [-0.1, -0.05) is 42.5 Å². The van der Waals surface area contributed by atoms with Gasteiger partial charge in [0.1, 0.15) is 5.52 Å². The maximum absolute atomic E-state index is 5.94. The molecule has 2 aromatic carbocycles. The smallest absolute Gasteiger partial charge is 0.212 e. The Morgan fingerprint density at radius 3 is 2.68 bits per heavy atom. The summed E-state index contributed by atoms with van der Waals surface area (Å²) in [6, 6.07) is 18.8. The van der Waals surface area contributed by atoms with E-state index in [1.807, 2.05) is 24.3 Å². The number of nitrogens with zero attached hydrogens (tertiary/aromatic N) is 1. The Hall–Kier alpha value is -2.17. The van der Waals surface area contributed by atoms with Crippen molar-refractivity contribution < 1.29 is 9.15 Å². The zero-order valence-electron chi connectivity index (χ0n) is 14.5. The number of oxazole rings is 1. The molecule has 4 heteroatoms. The van der Waals surface area contributed by atoms with Crippen LogP contribution in [0.4, 0.5) is 0 Å². The molecule has 0 bridgehead atoms. The molecule has 4 nitrogen and oxygen atoms in total. The fourth-order valence-electron chi connectivity index (χ4n) is 3.54. The minimum atomic E-state index is 0.0416. The highest BCUT2D eigenvalue weighted by Crippen LogP contribution is 2.29. The topological polar surface area (TPSA) is 47.3 Å². The van der Waals surface area contributed by atoms with Crippen LogP contribution in [0, 0.1) is 5.92 Å². The molecule has 1 aromatic heterocycles. The zero-order chi connectivity index (χ0) is 17.1. The van der Waals surface area contributed by atoms with Gasteiger partial charge < -0.3 is 9.15 Å². The number of aromatic nitrogens is 1. The molecule has 130 valence electrons. The number of benzene rings is 2. The van der Waals surface area contributed by atoms with Crippen LogP contribution in [-0.2, 0) is 4.74 Å². The molecule has 0 saturated carbocycles. The summed E-state index contributed by atoms with van der Waals surface area (Å²) in [5.74, 6) is 1.35. The van der Waals surface area contributed by atoms with E-state index < -0.39 is 0 Å². The van der Waals surface area contributed by atoms with Crippen molar-refractivity contribution in [3.63, 3.8) is 0 Å². The summed E-state index contributed by atoms with van der Waals surface area (Å²) in [6.07, 6.45) is 2.21. The maximum Gasteiger partial charge on any atom is 0.212 e. The number of fused-ring (bicyclic) bond motifs is 1. The van der Waals surface area contributed by atoms with Crippen LogP contribution in [-0.4, -0.2) is 18.2 Å². The van der Waals surface area contributed by atoms with Gasteiger partial charge in [-0.25, -0.2) is 4.98 Å². The number of hydrogen-bond donors (Lipinski definition) is 1. The summed E-state index contributed by atoms with van der Waals surface area (Å²) in [5.41, 5.74) is 3.05. The number of hydrogen-bond acceptors (Lipinski definition) is 4. The van der Waals surface area contributed by atoms with Crippen molar-refractivity contribution in [1.29, 1.82) is 0 Å². The highest BCUT2D eigenvalue weighted by atomic mass is 16.5. The van der Waals surface area contributed by atoms with Gasteiger partial charge in [-0.15, -0.1) is 0 Å². The van der Waals surface area contributed by atoms with Crippen molar-refractivity contribution in [2.24, 2.45) is 5.92 Å². The first-order valence-corrected chi connectivity index (χ1v) is 9.04. The monoisotopic (exact) mass is 336 g/mol. The Labute approximate surface area is 148 Å². The molecular formula is C21H24N2O2. The second kappa shape index (κ2) is 7.38. The van der Waals surface area contributed by atoms with Crippen LogP contribution in [0.3, 0.4) is 0 Å². The van der Waals surface area contributed by atoms with Crippen LogP contribution in [0.5, 0.6) is 0 Å². The predicted molar refractivity (Wildman–Crippen MR) is 98.3 cm³/mol. The third-order valence-corrected chi connectivity index (χ3v) is 4.93. The van der Waals surface area contributed by atoms with Gasteiger partial charge in [0.15, 0.2) is 5.58 Å². The molecular weight excluding hydrogens is 312 g/mol. The van der Waals surface area contributed by atoms with Crippen molar-refractivity contribution in [1.82, 2.24) is 10.3 Å². The van der Waals surface area contributed by atoms with Crippen LogP contribution in [0.25, 0.3) is 11.1 Å². The minimum Gasteiger partial charge on any atom is -0.439 e. The molecule has 1 fully saturated rings. The van der Waals surface area contributed by atoms with Crippen molar-refractivity contribution in [3.8, 4) is 0 Å². The van der Waals surface area contributed by atoms with E-state index in [0.29, 0.717) is 5.92 Å². The summed E-state index contributed by atoms with van der Waals surface area (Å²) in [6.45, 7) is 3.86. The first kappa shape index (κ1) is 16.3. The van der Waals surface area contributed by atoms with E-state index in [0.717, 1.165) is 43.0 Å². The van der Waals surface area contributed by atoms with Gasteiger partial charge in [0.25, 0.3) is 0 Å². The Morgan fingerprint density at radius 2 is 1.92 bits per heavy atom. The molecule has 1 aliphatic rings. The van der Waals surface area contributed by atoms with Gasteiger partial charge in [0.2, 0.25) is 5.89 Å². The quantitative estimate of drug-likeness (QED) is 0.712. The van der Waals surface area contributed by atoms with E-state index in [2.05, 4.69) is 47.6 Å². The van der Waals surface area contributed by atoms with E-state index in [4.69, 9.17) is 9.15 Å². The van der Waals surface area contributed by atoms with Gasteiger partial charge in [0, 0.05) is 19.3 Å². The highest BCUT2D eigenvalue weighted by molar-refractivity contribution is 5.72. The number of para-hydroxylation sites is 2. The fourth-order valence-corrected chi connectivity index (χ4v) is 3.54. The SMILES string of the molecule is C[C@H](N[C@H](C[C@@H]1CCOC1)c1ccccc1)c1nc2ccccc2o1. The zero-order valence-corrected chi connectivity index (χ0v) is 14.5. The molecule has 0 radical (unpaired) electrons. The van der Waals surface area contributed by atoms with Gasteiger partial charge in [-0.05, 0) is 43.4 Å². The van der Waals surface area contributed by atoms with E-state index in [1.54, 1.807) is 0 Å². The first-order valence-electron chi connectivity index (χ1n) is 9.04. The Morgan fingerprint density at radius 1 is 1.12 bits per heavy atom. The normalized spacial score (nSPS) is 20.0. The van der Waals surface area contributed by atoms with Crippen molar-refractivity contribution >= 4 is 11.1 Å². The van der Waals surface area contributed by atoms with Gasteiger partial charge in [0.05, 0.1) is 6.04 Å². The van der Waals surface area contributed by atoms with Crippen LogP contribution >= 0.6 is 0 Å². The van der Waals surface area contributed by atoms with Gasteiger partial charge in [-0.3, -0.25) is 5.32 Å². The van der Waals surface area contributed by atoms with Crippen molar-refractivity contribution in [2.45, 2.75) is 31.8 Å². The molecule has 3 atom stereocenters. The van der Waals surface area contributed by atoms with E-state index in [-0.39, 0.29) is 12.1 Å². The van der Waals surface area contributed by atoms with Crippen molar-refractivity contribution in [2.75, 3.05) is 13.2 Å². The van der Waals surface area contributed by atoms with Crippen LogP contribution in [0.15, 0.2) is 59.0 Å². The molecule has 1 N–H and O–H groups in total. The molecule has 0 spiro atoms. The second-order valence-electron chi connectivity index (χ2n) is 6.84. The van der Waals surface area contributed by atoms with Crippen molar-refractivity contribution in [3.05, 3.63) is 66.1 Å². The number of rotatable bonds is 6. The summed E-state index contributed by atoms with van der Waals surface area (Å²) in [5, 5.41) is 3.73.